The molecule has 2 rings (SSSR count). The number of nitrogens with one attached hydrogen (secondary N) is 1. The second-order valence-corrected chi connectivity index (χ2v) is 5.62. The first-order valence-electron chi connectivity index (χ1n) is 6.71. The molecule has 0 saturated carbocycles. The molecule has 0 aromatic carbocycles. The standard InChI is InChI=1S/C13H23N3OS/c1-4-14-10(2)12-9-18-13(15-12)16-7-5-6-11(8-16)17-3/h9-11,14H,4-8H2,1-3H3. The van der Waals surface area contributed by atoms with Crippen molar-refractivity contribution in [3.8, 4) is 0 Å². The van der Waals surface area contributed by atoms with Gasteiger partial charge in [-0.15, -0.1) is 11.3 Å². The Morgan fingerprint density at radius 2 is 2.50 bits per heavy atom. The Morgan fingerprint density at radius 3 is 3.22 bits per heavy atom. The monoisotopic (exact) mass is 269 g/mol. The van der Waals surface area contributed by atoms with E-state index >= 15 is 0 Å². The zero-order chi connectivity index (χ0) is 13.0. The normalized spacial score (nSPS) is 22.2. The third-order valence-electron chi connectivity index (χ3n) is 3.45. The van der Waals surface area contributed by atoms with E-state index in [9.17, 15) is 0 Å². The van der Waals surface area contributed by atoms with Crippen LogP contribution in [0.2, 0.25) is 0 Å². The number of piperidine rings is 1. The Labute approximate surface area is 113 Å². The molecule has 2 unspecified atom stereocenters. The van der Waals surface area contributed by atoms with Gasteiger partial charge in [-0.3, -0.25) is 0 Å². The van der Waals surface area contributed by atoms with E-state index in [2.05, 4.69) is 29.4 Å². The smallest absolute Gasteiger partial charge is 0.185 e. The van der Waals surface area contributed by atoms with Gasteiger partial charge in [0.1, 0.15) is 0 Å². The Kier molecular flexibility index (Phi) is 4.97. The Balaban J connectivity index is 2.00. The Morgan fingerprint density at radius 1 is 1.67 bits per heavy atom. The van der Waals surface area contributed by atoms with Crippen molar-refractivity contribution in [1.29, 1.82) is 0 Å². The topological polar surface area (TPSA) is 37.4 Å². The van der Waals surface area contributed by atoms with Crippen LogP contribution in [0.3, 0.4) is 0 Å². The predicted octanol–water partition coefficient (Wildman–Crippen LogP) is 2.43. The summed E-state index contributed by atoms with van der Waals surface area (Å²) in [7, 11) is 1.80. The highest BCUT2D eigenvalue weighted by Gasteiger charge is 2.22. The van der Waals surface area contributed by atoms with Gasteiger partial charge in [-0.1, -0.05) is 6.92 Å². The van der Waals surface area contributed by atoms with Gasteiger partial charge < -0.3 is 15.0 Å². The van der Waals surface area contributed by atoms with Crippen LogP contribution in [-0.2, 0) is 4.74 Å². The molecule has 4 nitrogen and oxygen atoms in total. The average molecular weight is 269 g/mol. The molecule has 0 aliphatic carbocycles. The van der Waals surface area contributed by atoms with Crippen molar-refractivity contribution < 1.29 is 4.74 Å². The Bertz CT molecular complexity index is 369. The van der Waals surface area contributed by atoms with Crippen LogP contribution in [0.4, 0.5) is 5.13 Å². The first-order chi connectivity index (χ1) is 8.74. The van der Waals surface area contributed by atoms with E-state index in [0.29, 0.717) is 12.1 Å². The van der Waals surface area contributed by atoms with E-state index in [-0.39, 0.29) is 0 Å². The number of aromatic nitrogens is 1. The number of anilines is 1. The van der Waals surface area contributed by atoms with Crippen molar-refractivity contribution in [3.05, 3.63) is 11.1 Å². The molecule has 0 spiro atoms. The summed E-state index contributed by atoms with van der Waals surface area (Å²) in [5.41, 5.74) is 1.15. The third kappa shape index (κ3) is 3.22. The highest BCUT2D eigenvalue weighted by Crippen LogP contribution is 2.27. The molecule has 1 N–H and O–H groups in total. The summed E-state index contributed by atoms with van der Waals surface area (Å²) < 4.78 is 5.46. The van der Waals surface area contributed by atoms with Gasteiger partial charge in [-0.25, -0.2) is 4.98 Å². The van der Waals surface area contributed by atoms with Gasteiger partial charge >= 0.3 is 0 Å². The van der Waals surface area contributed by atoms with E-state index in [1.165, 1.54) is 12.8 Å². The fraction of sp³-hybridized carbons (Fsp3) is 0.769. The van der Waals surface area contributed by atoms with Gasteiger partial charge in [-0.2, -0.15) is 0 Å². The summed E-state index contributed by atoms with van der Waals surface area (Å²) in [6.45, 7) is 7.33. The molecule has 18 heavy (non-hydrogen) atoms. The van der Waals surface area contributed by atoms with Crippen molar-refractivity contribution in [2.45, 2.75) is 38.8 Å². The van der Waals surface area contributed by atoms with Crippen LogP contribution in [0.15, 0.2) is 5.38 Å². The highest BCUT2D eigenvalue weighted by molar-refractivity contribution is 7.13. The maximum Gasteiger partial charge on any atom is 0.185 e. The van der Waals surface area contributed by atoms with Crippen molar-refractivity contribution in [1.82, 2.24) is 10.3 Å². The molecule has 1 saturated heterocycles. The van der Waals surface area contributed by atoms with Crippen LogP contribution < -0.4 is 10.2 Å². The zero-order valence-corrected chi connectivity index (χ0v) is 12.3. The van der Waals surface area contributed by atoms with Crippen molar-refractivity contribution in [3.63, 3.8) is 0 Å². The molecule has 5 heteroatoms. The SMILES string of the molecule is CCNC(C)c1csc(N2CCCC(OC)C2)n1. The van der Waals surface area contributed by atoms with E-state index in [0.717, 1.165) is 30.5 Å². The number of rotatable bonds is 5. The number of nitrogens with zero attached hydrogens (tertiary/aromatic N) is 2. The lowest BCUT2D eigenvalue weighted by Crippen LogP contribution is -2.39. The van der Waals surface area contributed by atoms with Crippen molar-refractivity contribution in [2.75, 3.05) is 31.6 Å². The molecule has 1 aromatic heterocycles. The second kappa shape index (κ2) is 6.50. The molecule has 1 aliphatic rings. The van der Waals surface area contributed by atoms with E-state index in [4.69, 9.17) is 9.72 Å². The second-order valence-electron chi connectivity index (χ2n) is 4.78. The molecule has 0 amide bonds. The van der Waals surface area contributed by atoms with E-state index in [1.54, 1.807) is 18.4 Å². The van der Waals surface area contributed by atoms with E-state index in [1.807, 2.05) is 0 Å². The highest BCUT2D eigenvalue weighted by atomic mass is 32.1. The summed E-state index contributed by atoms with van der Waals surface area (Å²) in [4.78, 5) is 7.10. The van der Waals surface area contributed by atoms with Crippen LogP contribution in [0.5, 0.6) is 0 Å². The van der Waals surface area contributed by atoms with Crippen LogP contribution in [-0.4, -0.2) is 37.8 Å². The summed E-state index contributed by atoms with van der Waals surface area (Å²) in [5, 5.41) is 6.70. The van der Waals surface area contributed by atoms with Gasteiger partial charge in [0.25, 0.3) is 0 Å². The van der Waals surface area contributed by atoms with Crippen LogP contribution in [0.25, 0.3) is 0 Å². The lowest BCUT2D eigenvalue weighted by molar-refractivity contribution is 0.0893. The number of methoxy groups -OCH3 is 1. The average Bonchev–Trinajstić information content (AvgIpc) is 2.89. The van der Waals surface area contributed by atoms with Gasteiger partial charge in [0.2, 0.25) is 0 Å². The van der Waals surface area contributed by atoms with E-state index < -0.39 is 0 Å². The maximum atomic E-state index is 5.46. The minimum atomic E-state index is 0.336. The molecule has 1 fully saturated rings. The summed E-state index contributed by atoms with van der Waals surface area (Å²) in [6, 6.07) is 0.336. The first-order valence-corrected chi connectivity index (χ1v) is 7.59. The van der Waals surface area contributed by atoms with Gasteiger partial charge in [0, 0.05) is 31.6 Å². The van der Waals surface area contributed by atoms with Crippen LogP contribution in [0, 0.1) is 0 Å². The quantitative estimate of drug-likeness (QED) is 0.891. The zero-order valence-electron chi connectivity index (χ0n) is 11.5. The number of ether oxygens (including phenoxy) is 1. The summed E-state index contributed by atoms with van der Waals surface area (Å²) >= 11 is 1.74. The van der Waals surface area contributed by atoms with Crippen LogP contribution >= 0.6 is 11.3 Å². The fourth-order valence-electron chi connectivity index (χ4n) is 2.34. The minimum absolute atomic E-state index is 0.336. The molecule has 0 radical (unpaired) electrons. The molecule has 1 aromatic rings. The molecule has 0 bridgehead atoms. The summed E-state index contributed by atoms with van der Waals surface area (Å²) in [6.07, 6.45) is 2.71. The predicted molar refractivity (Wildman–Crippen MR) is 76.4 cm³/mol. The lowest BCUT2D eigenvalue weighted by atomic mass is 10.1. The molecule has 1 aliphatic heterocycles. The first kappa shape index (κ1) is 13.8. The lowest BCUT2D eigenvalue weighted by Gasteiger charge is -2.31. The molecule has 102 valence electrons. The molecular formula is C13H23N3OS. The number of thiazole rings is 1. The van der Waals surface area contributed by atoms with Gasteiger partial charge in [0.05, 0.1) is 11.8 Å². The molecule has 2 heterocycles. The van der Waals surface area contributed by atoms with Gasteiger partial charge in [0.15, 0.2) is 5.13 Å². The van der Waals surface area contributed by atoms with Crippen LogP contribution in [0.1, 0.15) is 38.4 Å². The Hall–Kier alpha value is -0.650. The fourth-order valence-corrected chi connectivity index (χ4v) is 3.29. The molecule has 2 atom stereocenters. The number of hydrogen-bond acceptors (Lipinski definition) is 5. The largest absolute Gasteiger partial charge is 0.380 e. The minimum Gasteiger partial charge on any atom is -0.380 e. The third-order valence-corrected chi connectivity index (χ3v) is 4.37. The van der Waals surface area contributed by atoms with Crippen molar-refractivity contribution in [2.24, 2.45) is 0 Å². The summed E-state index contributed by atoms with van der Waals surface area (Å²) in [5.74, 6) is 0. The van der Waals surface area contributed by atoms with Gasteiger partial charge in [-0.05, 0) is 26.3 Å². The number of hydrogen-bond donors (Lipinski definition) is 1. The molecular weight excluding hydrogens is 246 g/mol. The maximum absolute atomic E-state index is 5.46. The van der Waals surface area contributed by atoms with Crippen molar-refractivity contribution >= 4 is 16.5 Å².